The van der Waals surface area contributed by atoms with Gasteiger partial charge in [0.15, 0.2) is 5.65 Å². The summed E-state index contributed by atoms with van der Waals surface area (Å²) >= 11 is 1.62. The number of carbonyl (C=O) groups excluding carboxylic acids is 1. The number of hydrogen-bond acceptors (Lipinski definition) is 5. The fourth-order valence-corrected chi connectivity index (χ4v) is 4.22. The number of aryl methyl sites for hydroxylation is 2. The molecule has 1 unspecified atom stereocenters. The maximum absolute atomic E-state index is 13.3. The maximum Gasteiger partial charge on any atom is 0.254 e. The van der Waals surface area contributed by atoms with Crippen molar-refractivity contribution in [1.29, 1.82) is 0 Å². The Labute approximate surface area is 174 Å². The lowest BCUT2D eigenvalue weighted by molar-refractivity contribution is 0.0710. The van der Waals surface area contributed by atoms with Crippen molar-refractivity contribution in [2.75, 3.05) is 13.1 Å². The molecule has 9 heteroatoms. The zero-order valence-corrected chi connectivity index (χ0v) is 17.7. The van der Waals surface area contributed by atoms with Gasteiger partial charge in [0.05, 0.1) is 27.2 Å². The first-order chi connectivity index (χ1) is 12.0. The van der Waals surface area contributed by atoms with Crippen LogP contribution in [0.15, 0.2) is 23.6 Å². The Balaban J connectivity index is 0.00000131. The maximum atomic E-state index is 13.3. The molecular weight excluding hydrogens is 405 g/mol. The lowest BCUT2D eigenvalue weighted by Crippen LogP contribution is -2.45. The van der Waals surface area contributed by atoms with Crippen LogP contribution in [-0.4, -0.2) is 44.7 Å². The molecule has 0 bridgehead atoms. The molecular formula is C18H23Cl2N5OS. The van der Waals surface area contributed by atoms with Crippen LogP contribution >= 0.6 is 36.2 Å². The molecule has 1 aliphatic rings. The number of halogens is 2. The smallest absolute Gasteiger partial charge is 0.254 e. The number of thiophene rings is 1. The number of fused-ring (bicyclic) bond motifs is 1. The second kappa shape index (κ2) is 8.56. The second-order valence-electron chi connectivity index (χ2n) is 6.59. The number of rotatable bonds is 2. The van der Waals surface area contributed by atoms with E-state index in [1.54, 1.807) is 16.0 Å². The summed E-state index contributed by atoms with van der Waals surface area (Å²) in [6, 6.07) is 5.98. The predicted molar refractivity (Wildman–Crippen MR) is 114 cm³/mol. The molecule has 1 fully saturated rings. The van der Waals surface area contributed by atoms with Crippen LogP contribution in [0.3, 0.4) is 0 Å². The summed E-state index contributed by atoms with van der Waals surface area (Å²) in [5.41, 5.74) is 9.13. The van der Waals surface area contributed by atoms with E-state index >= 15 is 0 Å². The van der Waals surface area contributed by atoms with Gasteiger partial charge in [-0.1, -0.05) is 6.07 Å². The predicted octanol–water partition coefficient (Wildman–Crippen LogP) is 3.41. The lowest BCUT2D eigenvalue weighted by Gasteiger charge is -2.31. The number of hydrogen-bond donors (Lipinski definition) is 1. The van der Waals surface area contributed by atoms with Crippen LogP contribution in [0, 0.1) is 6.92 Å². The molecule has 3 aromatic rings. The van der Waals surface area contributed by atoms with Gasteiger partial charge < -0.3 is 10.6 Å². The van der Waals surface area contributed by atoms with E-state index in [0.29, 0.717) is 12.1 Å². The van der Waals surface area contributed by atoms with E-state index < -0.39 is 0 Å². The molecule has 1 atom stereocenters. The van der Waals surface area contributed by atoms with Gasteiger partial charge in [0.2, 0.25) is 0 Å². The Kier molecular flexibility index (Phi) is 6.86. The number of carbonyl (C=O) groups is 1. The minimum Gasteiger partial charge on any atom is -0.337 e. The quantitative estimate of drug-likeness (QED) is 0.679. The molecule has 0 aromatic carbocycles. The molecule has 1 saturated heterocycles. The summed E-state index contributed by atoms with van der Waals surface area (Å²) in [7, 11) is 1.87. The van der Waals surface area contributed by atoms with E-state index in [1.165, 1.54) is 0 Å². The van der Waals surface area contributed by atoms with Gasteiger partial charge in [0.1, 0.15) is 0 Å². The molecule has 1 aliphatic heterocycles. The average molecular weight is 428 g/mol. The molecule has 4 rings (SSSR count). The van der Waals surface area contributed by atoms with E-state index in [9.17, 15) is 4.79 Å². The zero-order chi connectivity index (χ0) is 17.6. The number of piperidine rings is 1. The third-order valence-corrected chi connectivity index (χ3v) is 5.61. The van der Waals surface area contributed by atoms with Crippen LogP contribution in [0.25, 0.3) is 21.6 Å². The average Bonchev–Trinajstić information content (AvgIpc) is 3.23. The molecule has 0 spiro atoms. The number of likely N-dealkylation sites (tertiary alicyclic amines) is 1. The number of pyridine rings is 1. The normalized spacial score (nSPS) is 16.7. The molecule has 146 valence electrons. The van der Waals surface area contributed by atoms with Gasteiger partial charge in [-0.25, -0.2) is 4.98 Å². The minimum absolute atomic E-state index is 0. The van der Waals surface area contributed by atoms with Crippen molar-refractivity contribution in [3.05, 3.63) is 34.8 Å². The van der Waals surface area contributed by atoms with Gasteiger partial charge in [-0.05, 0) is 37.3 Å². The summed E-state index contributed by atoms with van der Waals surface area (Å²) in [5, 5.41) is 7.33. The van der Waals surface area contributed by atoms with Crippen LogP contribution in [0.1, 0.15) is 28.9 Å². The van der Waals surface area contributed by atoms with Crippen LogP contribution < -0.4 is 5.73 Å². The van der Waals surface area contributed by atoms with Crippen molar-refractivity contribution in [3.63, 3.8) is 0 Å². The summed E-state index contributed by atoms with van der Waals surface area (Å²) < 4.78 is 1.75. The minimum atomic E-state index is 0. The van der Waals surface area contributed by atoms with Crippen molar-refractivity contribution < 1.29 is 4.79 Å². The lowest BCUT2D eigenvalue weighted by atomic mass is 10.0. The van der Waals surface area contributed by atoms with Crippen molar-refractivity contribution in [2.45, 2.75) is 25.8 Å². The third-order valence-electron chi connectivity index (χ3n) is 4.72. The van der Waals surface area contributed by atoms with Crippen molar-refractivity contribution >= 4 is 53.1 Å². The van der Waals surface area contributed by atoms with Gasteiger partial charge in [0, 0.05) is 26.2 Å². The number of aromatic nitrogens is 3. The Morgan fingerprint density at radius 1 is 1.37 bits per heavy atom. The van der Waals surface area contributed by atoms with Crippen molar-refractivity contribution in [2.24, 2.45) is 12.8 Å². The Morgan fingerprint density at radius 2 is 2.15 bits per heavy atom. The van der Waals surface area contributed by atoms with E-state index in [1.807, 2.05) is 42.5 Å². The monoisotopic (exact) mass is 427 g/mol. The first-order valence-electron chi connectivity index (χ1n) is 8.47. The molecule has 2 N–H and O–H groups in total. The number of amides is 1. The standard InChI is InChI=1S/C18H21N5OS.2ClH/c1-11-16-13(18(24)23-7-3-5-12(19)10-23)9-14(15-6-4-8-25-15)20-17(16)22(2)21-11;;/h4,6,8-9,12H,3,5,7,10,19H2,1-2H3;2*1H. The second-order valence-corrected chi connectivity index (χ2v) is 7.54. The summed E-state index contributed by atoms with van der Waals surface area (Å²) in [4.78, 5) is 20.9. The topological polar surface area (TPSA) is 77.0 Å². The van der Waals surface area contributed by atoms with E-state index in [0.717, 1.165) is 46.7 Å². The summed E-state index contributed by atoms with van der Waals surface area (Å²) in [5.74, 6) is 0.0245. The Morgan fingerprint density at radius 3 is 2.81 bits per heavy atom. The Bertz CT molecular complexity index is 941. The number of nitrogens with two attached hydrogens (primary N) is 1. The third kappa shape index (κ3) is 3.96. The van der Waals surface area contributed by atoms with Gasteiger partial charge >= 0.3 is 0 Å². The highest BCUT2D eigenvalue weighted by molar-refractivity contribution is 7.13. The zero-order valence-electron chi connectivity index (χ0n) is 15.2. The fourth-order valence-electron chi connectivity index (χ4n) is 3.53. The molecule has 0 saturated carbocycles. The van der Waals surface area contributed by atoms with Gasteiger partial charge in [0.25, 0.3) is 5.91 Å². The van der Waals surface area contributed by atoms with Crippen LogP contribution in [0.2, 0.25) is 0 Å². The van der Waals surface area contributed by atoms with Crippen LogP contribution in [0.5, 0.6) is 0 Å². The van der Waals surface area contributed by atoms with Crippen molar-refractivity contribution in [3.8, 4) is 10.6 Å². The molecule has 0 aliphatic carbocycles. The fraction of sp³-hybridized carbons (Fsp3) is 0.389. The molecule has 6 nitrogen and oxygen atoms in total. The summed E-state index contributed by atoms with van der Waals surface area (Å²) in [6.45, 7) is 3.29. The first-order valence-corrected chi connectivity index (χ1v) is 9.35. The largest absolute Gasteiger partial charge is 0.337 e. The van der Waals surface area contributed by atoms with E-state index in [-0.39, 0.29) is 36.8 Å². The highest BCUT2D eigenvalue weighted by Crippen LogP contribution is 2.30. The molecule has 1 amide bonds. The van der Waals surface area contributed by atoms with E-state index in [2.05, 4.69) is 5.10 Å². The van der Waals surface area contributed by atoms with Gasteiger partial charge in [-0.15, -0.1) is 36.2 Å². The molecule has 27 heavy (non-hydrogen) atoms. The van der Waals surface area contributed by atoms with Crippen LogP contribution in [-0.2, 0) is 7.05 Å². The molecule has 3 aromatic heterocycles. The SMILES string of the molecule is Cc1nn(C)c2nc(-c3cccs3)cc(C(=O)N3CCCC(N)C3)c12.Cl.Cl. The van der Waals surface area contributed by atoms with Crippen molar-refractivity contribution in [1.82, 2.24) is 19.7 Å². The molecule has 4 heterocycles. The summed E-state index contributed by atoms with van der Waals surface area (Å²) in [6.07, 6.45) is 1.92. The van der Waals surface area contributed by atoms with Gasteiger partial charge in [-0.3, -0.25) is 9.48 Å². The van der Waals surface area contributed by atoms with E-state index in [4.69, 9.17) is 10.7 Å². The highest BCUT2D eigenvalue weighted by atomic mass is 35.5. The molecule has 0 radical (unpaired) electrons. The van der Waals surface area contributed by atoms with Gasteiger partial charge in [-0.2, -0.15) is 5.10 Å². The highest BCUT2D eigenvalue weighted by Gasteiger charge is 2.26. The number of nitrogens with zero attached hydrogens (tertiary/aromatic N) is 4. The van der Waals surface area contributed by atoms with Crippen LogP contribution in [0.4, 0.5) is 0 Å². The Hall–Kier alpha value is -1.67. The first kappa shape index (κ1) is 21.6.